The van der Waals surface area contributed by atoms with Crippen molar-refractivity contribution < 1.29 is 4.92 Å². The fourth-order valence-corrected chi connectivity index (χ4v) is 2.44. The Morgan fingerprint density at radius 1 is 1.37 bits per heavy atom. The summed E-state index contributed by atoms with van der Waals surface area (Å²) in [6.45, 7) is 5.96. The number of anilines is 1. The van der Waals surface area contributed by atoms with Crippen molar-refractivity contribution in [3.8, 4) is 0 Å². The first-order valence-electron chi connectivity index (χ1n) is 6.94. The molecule has 0 aliphatic carbocycles. The van der Waals surface area contributed by atoms with Crippen LogP contribution in [0.2, 0.25) is 0 Å². The Hall–Kier alpha value is -1.62. The zero-order valence-electron chi connectivity index (χ0n) is 11.4. The molecule has 1 heterocycles. The number of nitrogens with one attached hydrogen (secondary N) is 1. The third-order valence-corrected chi connectivity index (χ3v) is 3.43. The van der Waals surface area contributed by atoms with E-state index in [1.54, 1.807) is 6.07 Å². The lowest BCUT2D eigenvalue weighted by Gasteiger charge is -2.15. The van der Waals surface area contributed by atoms with Crippen LogP contribution < -0.4 is 5.32 Å². The predicted molar refractivity (Wildman–Crippen MR) is 76.4 cm³/mol. The van der Waals surface area contributed by atoms with E-state index in [1.807, 2.05) is 19.1 Å². The first-order chi connectivity index (χ1) is 9.20. The average Bonchev–Trinajstić information content (AvgIpc) is 2.89. The fourth-order valence-electron chi connectivity index (χ4n) is 2.44. The molecule has 0 aromatic heterocycles. The number of nitrogens with zero attached hydrogens (tertiary/aromatic N) is 2. The minimum atomic E-state index is -0.322. The lowest BCUT2D eigenvalue weighted by molar-refractivity contribution is -0.384. The lowest BCUT2D eigenvalue weighted by atomic mass is 10.1. The molecule has 0 atom stereocenters. The number of benzene rings is 1. The zero-order chi connectivity index (χ0) is 13.7. The summed E-state index contributed by atoms with van der Waals surface area (Å²) in [5, 5.41) is 14.1. The second-order valence-electron chi connectivity index (χ2n) is 5.02. The topological polar surface area (TPSA) is 58.4 Å². The van der Waals surface area contributed by atoms with Gasteiger partial charge in [-0.15, -0.1) is 0 Å². The Balaban J connectivity index is 2.13. The number of nitro groups is 1. The van der Waals surface area contributed by atoms with Crippen molar-refractivity contribution in [3.05, 3.63) is 33.9 Å². The van der Waals surface area contributed by atoms with Crippen molar-refractivity contribution in [2.24, 2.45) is 0 Å². The fraction of sp³-hybridized carbons (Fsp3) is 0.571. The molecule has 0 amide bonds. The maximum atomic E-state index is 11.0. The van der Waals surface area contributed by atoms with E-state index in [0.29, 0.717) is 5.69 Å². The quantitative estimate of drug-likeness (QED) is 0.633. The molecule has 1 N–H and O–H groups in total. The van der Waals surface area contributed by atoms with Gasteiger partial charge in [-0.3, -0.25) is 15.0 Å². The summed E-state index contributed by atoms with van der Waals surface area (Å²) in [6, 6.07) is 5.41. The molecule has 1 aromatic rings. The zero-order valence-corrected chi connectivity index (χ0v) is 11.4. The summed E-state index contributed by atoms with van der Waals surface area (Å²) >= 11 is 0. The summed E-state index contributed by atoms with van der Waals surface area (Å²) in [6.07, 6.45) is 3.47. The molecule has 1 aliphatic rings. The number of hydrogen-bond acceptors (Lipinski definition) is 4. The van der Waals surface area contributed by atoms with Crippen LogP contribution >= 0.6 is 0 Å². The Labute approximate surface area is 113 Å². The van der Waals surface area contributed by atoms with Crippen LogP contribution in [0, 0.1) is 10.1 Å². The normalized spacial score (nSPS) is 15.6. The van der Waals surface area contributed by atoms with E-state index in [9.17, 15) is 10.1 Å². The summed E-state index contributed by atoms with van der Waals surface area (Å²) in [4.78, 5) is 13.1. The second-order valence-corrected chi connectivity index (χ2v) is 5.02. The maximum Gasteiger partial charge on any atom is 0.292 e. The van der Waals surface area contributed by atoms with Crippen LogP contribution in [0.4, 0.5) is 11.4 Å². The number of likely N-dealkylation sites (tertiary alicyclic amines) is 1. The SMILES string of the molecule is CCCNc1cc(CN2CCCC2)ccc1[N+](=O)[O-]. The smallest absolute Gasteiger partial charge is 0.292 e. The van der Waals surface area contributed by atoms with Gasteiger partial charge in [0.25, 0.3) is 5.69 Å². The van der Waals surface area contributed by atoms with Gasteiger partial charge in [0.15, 0.2) is 0 Å². The van der Waals surface area contributed by atoms with Crippen LogP contribution in [0.25, 0.3) is 0 Å². The molecule has 0 spiro atoms. The van der Waals surface area contributed by atoms with Gasteiger partial charge < -0.3 is 5.32 Å². The molecule has 5 nitrogen and oxygen atoms in total. The number of nitro benzene ring substituents is 1. The molecule has 1 aliphatic heterocycles. The second kappa shape index (κ2) is 6.52. The molecule has 1 aromatic carbocycles. The number of rotatable bonds is 6. The summed E-state index contributed by atoms with van der Waals surface area (Å²) in [5.74, 6) is 0. The van der Waals surface area contributed by atoms with Gasteiger partial charge in [0.1, 0.15) is 5.69 Å². The van der Waals surface area contributed by atoms with Crippen LogP contribution in [-0.2, 0) is 6.54 Å². The van der Waals surface area contributed by atoms with Crippen LogP contribution in [-0.4, -0.2) is 29.5 Å². The van der Waals surface area contributed by atoms with Crippen LogP contribution in [0.15, 0.2) is 18.2 Å². The molecule has 2 rings (SSSR count). The van der Waals surface area contributed by atoms with Crippen molar-refractivity contribution in [2.75, 3.05) is 25.0 Å². The Morgan fingerprint density at radius 3 is 2.74 bits per heavy atom. The highest BCUT2D eigenvalue weighted by Gasteiger charge is 2.16. The molecule has 1 saturated heterocycles. The van der Waals surface area contributed by atoms with Crippen molar-refractivity contribution in [3.63, 3.8) is 0 Å². The summed E-state index contributed by atoms with van der Waals surface area (Å²) in [7, 11) is 0. The largest absolute Gasteiger partial charge is 0.379 e. The molecule has 0 saturated carbocycles. The third kappa shape index (κ3) is 3.67. The third-order valence-electron chi connectivity index (χ3n) is 3.43. The Kier molecular flexibility index (Phi) is 4.74. The van der Waals surface area contributed by atoms with E-state index in [4.69, 9.17) is 0 Å². The van der Waals surface area contributed by atoms with E-state index in [1.165, 1.54) is 12.8 Å². The van der Waals surface area contributed by atoms with Crippen LogP contribution in [0.1, 0.15) is 31.7 Å². The van der Waals surface area contributed by atoms with Crippen LogP contribution in [0.5, 0.6) is 0 Å². The van der Waals surface area contributed by atoms with Gasteiger partial charge in [0, 0.05) is 19.2 Å². The molecule has 5 heteroatoms. The van der Waals surface area contributed by atoms with Gasteiger partial charge in [0.05, 0.1) is 4.92 Å². The highest BCUT2D eigenvalue weighted by atomic mass is 16.6. The predicted octanol–water partition coefficient (Wildman–Crippen LogP) is 3.01. The summed E-state index contributed by atoms with van der Waals surface area (Å²) in [5.41, 5.74) is 1.95. The van der Waals surface area contributed by atoms with Crippen molar-refractivity contribution in [1.82, 2.24) is 4.90 Å². The van der Waals surface area contributed by atoms with E-state index >= 15 is 0 Å². The average molecular weight is 263 g/mol. The van der Waals surface area contributed by atoms with Crippen molar-refractivity contribution in [1.29, 1.82) is 0 Å². The minimum absolute atomic E-state index is 0.165. The first-order valence-corrected chi connectivity index (χ1v) is 6.94. The highest BCUT2D eigenvalue weighted by molar-refractivity contribution is 5.62. The standard InChI is InChI=1S/C14H21N3O2/c1-2-7-15-13-10-12(5-6-14(13)17(18)19)11-16-8-3-4-9-16/h5-6,10,15H,2-4,7-9,11H2,1H3. The maximum absolute atomic E-state index is 11.0. The molecular formula is C14H21N3O2. The molecule has 1 fully saturated rings. The van der Waals surface area contributed by atoms with Gasteiger partial charge in [-0.25, -0.2) is 0 Å². The first kappa shape index (κ1) is 13.8. The minimum Gasteiger partial charge on any atom is -0.379 e. The molecule has 0 unspecified atom stereocenters. The van der Waals surface area contributed by atoms with E-state index in [-0.39, 0.29) is 10.6 Å². The molecule has 0 bridgehead atoms. The van der Waals surface area contributed by atoms with Crippen LogP contribution in [0.3, 0.4) is 0 Å². The highest BCUT2D eigenvalue weighted by Crippen LogP contribution is 2.26. The lowest BCUT2D eigenvalue weighted by Crippen LogP contribution is -2.18. The van der Waals surface area contributed by atoms with Gasteiger partial charge in [0.2, 0.25) is 0 Å². The molecular weight excluding hydrogens is 242 g/mol. The Bertz CT molecular complexity index is 442. The van der Waals surface area contributed by atoms with Gasteiger partial charge in [-0.1, -0.05) is 13.0 Å². The molecule has 19 heavy (non-hydrogen) atoms. The van der Waals surface area contributed by atoms with E-state index < -0.39 is 0 Å². The van der Waals surface area contributed by atoms with E-state index in [2.05, 4.69) is 10.2 Å². The molecule has 0 radical (unpaired) electrons. The molecule has 104 valence electrons. The number of hydrogen-bond donors (Lipinski definition) is 1. The van der Waals surface area contributed by atoms with Gasteiger partial charge in [-0.2, -0.15) is 0 Å². The Morgan fingerprint density at radius 2 is 2.11 bits per heavy atom. The van der Waals surface area contributed by atoms with Crippen molar-refractivity contribution in [2.45, 2.75) is 32.7 Å². The van der Waals surface area contributed by atoms with E-state index in [0.717, 1.165) is 38.2 Å². The summed E-state index contributed by atoms with van der Waals surface area (Å²) < 4.78 is 0. The van der Waals surface area contributed by atoms with Gasteiger partial charge >= 0.3 is 0 Å². The van der Waals surface area contributed by atoms with Crippen molar-refractivity contribution >= 4 is 11.4 Å². The van der Waals surface area contributed by atoms with Gasteiger partial charge in [-0.05, 0) is 44.0 Å². The monoisotopic (exact) mass is 263 g/mol.